The molecule has 4 atom stereocenters. The van der Waals surface area contributed by atoms with Crippen molar-refractivity contribution in [3.63, 3.8) is 0 Å². The molecule has 0 aromatic carbocycles. The molecule has 1 fully saturated rings. The van der Waals surface area contributed by atoms with Gasteiger partial charge in [0, 0.05) is 0 Å². The van der Waals surface area contributed by atoms with E-state index in [4.69, 9.17) is 37.6 Å². The van der Waals surface area contributed by atoms with Gasteiger partial charge in [-0.05, 0) is 39.2 Å². The summed E-state index contributed by atoms with van der Waals surface area (Å²) in [6, 6.07) is -2.44. The largest absolute Gasteiger partial charge is 0.480 e. The van der Waals surface area contributed by atoms with Crippen LogP contribution in [-0.4, -0.2) is 75.0 Å². The van der Waals surface area contributed by atoms with E-state index in [1.54, 1.807) is 13.8 Å². The van der Waals surface area contributed by atoms with Gasteiger partial charge >= 0.3 is 23.9 Å². The fourth-order valence-corrected chi connectivity index (χ4v) is 1.18. The number of carbonyl (C=O) groups is 4. The van der Waals surface area contributed by atoms with Crippen LogP contribution in [0.4, 0.5) is 0 Å². The van der Waals surface area contributed by atoms with Crippen LogP contribution in [0, 0.1) is 5.92 Å². The Morgan fingerprint density at radius 3 is 1.25 bits per heavy atom. The summed E-state index contributed by atoms with van der Waals surface area (Å²) >= 11 is 0. The van der Waals surface area contributed by atoms with Crippen LogP contribution in [-0.2, 0) is 19.2 Å². The maximum absolute atomic E-state index is 10.1. The third kappa shape index (κ3) is 20.0. The Hall–Kier alpha value is -2.28. The van der Waals surface area contributed by atoms with Gasteiger partial charge in [-0.2, -0.15) is 0 Å². The van der Waals surface area contributed by atoms with Crippen LogP contribution in [0.25, 0.3) is 0 Å². The molecule has 0 spiro atoms. The van der Waals surface area contributed by atoms with Gasteiger partial charge in [0.1, 0.15) is 24.2 Å². The van der Waals surface area contributed by atoms with Crippen molar-refractivity contribution in [1.29, 1.82) is 0 Å². The Bertz CT molecular complexity index is 447. The van der Waals surface area contributed by atoms with Crippen LogP contribution in [0.5, 0.6) is 0 Å². The summed E-state index contributed by atoms with van der Waals surface area (Å²) in [4.78, 5) is 39.3. The standard InChI is InChI=1S/C5H9NO2.C5H11NO2.2C3H7NO2/c7-5(8)4-2-1-3-6-4;1-3(2)4(6)5(7)8;2*1-2(4)3(5)6/h4,6H,1-3H2,(H,7,8);3-4H,6H2,1-2H3,(H,7,8);2*2H,4H2,1H3,(H,5,6)/t2*4-;2*2-/m0000/s1. The van der Waals surface area contributed by atoms with Crippen LogP contribution in [0.3, 0.4) is 0 Å². The van der Waals surface area contributed by atoms with E-state index in [9.17, 15) is 19.2 Å². The lowest BCUT2D eigenvalue weighted by Gasteiger charge is -2.07. The lowest BCUT2D eigenvalue weighted by atomic mass is 10.1. The van der Waals surface area contributed by atoms with Crippen molar-refractivity contribution in [1.82, 2.24) is 5.32 Å². The molecule has 1 aliphatic heterocycles. The lowest BCUT2D eigenvalue weighted by molar-refractivity contribution is -0.140. The molecule has 1 rings (SSSR count). The zero-order valence-electron chi connectivity index (χ0n) is 16.7. The van der Waals surface area contributed by atoms with Gasteiger partial charge < -0.3 is 42.9 Å². The molecule has 12 nitrogen and oxygen atoms in total. The van der Waals surface area contributed by atoms with E-state index in [1.165, 1.54) is 13.8 Å². The van der Waals surface area contributed by atoms with Crippen molar-refractivity contribution in [3.8, 4) is 0 Å². The molecule has 12 heteroatoms. The predicted octanol–water partition coefficient (Wildman–Crippen LogP) is -1.29. The van der Waals surface area contributed by atoms with Gasteiger partial charge in [-0.3, -0.25) is 19.2 Å². The SMILES string of the molecule is CC(C)[C@H](N)C(=O)O.C[C@H](N)C(=O)O.C[C@H](N)C(=O)O.O=C(O)[C@@H]1CCCN1. The Labute approximate surface area is 164 Å². The molecule has 0 aromatic heterocycles. The highest BCUT2D eigenvalue weighted by atomic mass is 16.4. The Morgan fingerprint density at radius 2 is 1.18 bits per heavy atom. The van der Waals surface area contributed by atoms with Crippen molar-refractivity contribution in [2.75, 3.05) is 6.54 Å². The van der Waals surface area contributed by atoms with Gasteiger partial charge in [0.05, 0.1) is 0 Å². The monoisotopic (exact) mass is 410 g/mol. The maximum atomic E-state index is 10.1. The number of rotatable bonds is 5. The molecule has 11 N–H and O–H groups in total. The zero-order valence-corrected chi connectivity index (χ0v) is 16.7. The second kappa shape index (κ2) is 16.9. The molecule has 1 aliphatic rings. The molecule has 166 valence electrons. The molecule has 1 heterocycles. The van der Waals surface area contributed by atoms with E-state index in [0.717, 1.165) is 19.4 Å². The van der Waals surface area contributed by atoms with Crippen LogP contribution in [0.1, 0.15) is 40.5 Å². The van der Waals surface area contributed by atoms with Gasteiger partial charge in [-0.25, -0.2) is 0 Å². The zero-order chi connectivity index (χ0) is 23.0. The average molecular weight is 410 g/mol. The maximum Gasteiger partial charge on any atom is 0.320 e. The smallest absolute Gasteiger partial charge is 0.320 e. The molecule has 0 bridgehead atoms. The summed E-state index contributed by atoms with van der Waals surface area (Å²) in [7, 11) is 0. The highest BCUT2D eigenvalue weighted by Gasteiger charge is 2.20. The molecule has 0 aliphatic carbocycles. The third-order valence-corrected chi connectivity index (χ3v) is 3.14. The van der Waals surface area contributed by atoms with Crippen LogP contribution < -0.4 is 22.5 Å². The topological polar surface area (TPSA) is 239 Å². The number of nitrogens with one attached hydrogen (secondary N) is 1. The molecule has 28 heavy (non-hydrogen) atoms. The summed E-state index contributed by atoms with van der Waals surface area (Å²) < 4.78 is 0. The number of hydrogen-bond donors (Lipinski definition) is 8. The molecule has 0 amide bonds. The summed E-state index contributed by atoms with van der Waals surface area (Å²) in [5.74, 6) is -3.56. The minimum atomic E-state index is -0.963. The van der Waals surface area contributed by atoms with Crippen molar-refractivity contribution < 1.29 is 39.6 Å². The second-order valence-corrected chi connectivity index (χ2v) is 6.35. The number of nitrogens with two attached hydrogens (primary N) is 3. The fraction of sp³-hybridized carbons (Fsp3) is 0.750. The quantitative estimate of drug-likeness (QED) is 0.264. The highest BCUT2D eigenvalue weighted by molar-refractivity contribution is 5.74. The van der Waals surface area contributed by atoms with Crippen LogP contribution in [0.15, 0.2) is 0 Å². The molecule has 0 unspecified atom stereocenters. The highest BCUT2D eigenvalue weighted by Crippen LogP contribution is 2.03. The van der Waals surface area contributed by atoms with Crippen LogP contribution in [0.2, 0.25) is 0 Å². The molecular weight excluding hydrogens is 376 g/mol. The summed E-state index contributed by atoms with van der Waals surface area (Å²) in [6.45, 7) is 7.25. The van der Waals surface area contributed by atoms with Gasteiger partial charge in [-0.15, -0.1) is 0 Å². The van der Waals surface area contributed by atoms with Crippen molar-refractivity contribution >= 4 is 23.9 Å². The Morgan fingerprint density at radius 1 is 0.821 bits per heavy atom. The number of hydrogen-bond acceptors (Lipinski definition) is 8. The fourth-order valence-electron chi connectivity index (χ4n) is 1.18. The lowest BCUT2D eigenvalue weighted by Crippen LogP contribution is -2.34. The number of carboxylic acid groups (broad SMARTS) is 4. The van der Waals surface area contributed by atoms with Gasteiger partial charge in [0.2, 0.25) is 0 Å². The van der Waals surface area contributed by atoms with E-state index in [1.807, 2.05) is 0 Å². The molecule has 1 saturated heterocycles. The number of carboxylic acids is 4. The van der Waals surface area contributed by atoms with Crippen molar-refractivity contribution in [2.45, 2.75) is 64.7 Å². The third-order valence-electron chi connectivity index (χ3n) is 3.14. The van der Waals surface area contributed by atoms with E-state index < -0.39 is 42.0 Å². The number of aliphatic carboxylic acids is 4. The summed E-state index contributed by atoms with van der Waals surface area (Å²) in [6.07, 6.45) is 1.78. The van der Waals surface area contributed by atoms with E-state index in [-0.39, 0.29) is 12.0 Å². The molecular formula is C16H34N4O8. The van der Waals surface area contributed by atoms with Crippen molar-refractivity contribution in [3.05, 3.63) is 0 Å². The van der Waals surface area contributed by atoms with Gasteiger partial charge in [0.25, 0.3) is 0 Å². The minimum absolute atomic E-state index is 0.0208. The summed E-state index contributed by atoms with van der Waals surface area (Å²) in [5, 5.41) is 35.2. The first-order valence-electron chi connectivity index (χ1n) is 8.56. The normalized spacial score (nSPS) is 17.9. The molecule has 0 radical (unpaired) electrons. The summed E-state index contributed by atoms with van der Waals surface area (Å²) in [5.41, 5.74) is 14.8. The first-order valence-corrected chi connectivity index (χ1v) is 8.56. The predicted molar refractivity (Wildman–Crippen MR) is 102 cm³/mol. The first-order chi connectivity index (χ1) is 12.6. The minimum Gasteiger partial charge on any atom is -0.480 e. The van der Waals surface area contributed by atoms with Gasteiger partial charge in [0.15, 0.2) is 0 Å². The molecule has 0 aromatic rings. The second-order valence-electron chi connectivity index (χ2n) is 6.35. The Balaban J connectivity index is -0.000000301. The van der Waals surface area contributed by atoms with E-state index in [2.05, 4.69) is 5.32 Å². The molecule has 0 saturated carbocycles. The van der Waals surface area contributed by atoms with E-state index in [0.29, 0.717) is 0 Å². The van der Waals surface area contributed by atoms with Crippen LogP contribution >= 0.6 is 0 Å². The Kier molecular flexibility index (Phi) is 18.3. The van der Waals surface area contributed by atoms with E-state index >= 15 is 0 Å². The average Bonchev–Trinajstić information content (AvgIpc) is 3.10. The van der Waals surface area contributed by atoms with Gasteiger partial charge in [-0.1, -0.05) is 13.8 Å². The van der Waals surface area contributed by atoms with Crippen molar-refractivity contribution in [2.24, 2.45) is 23.1 Å². The first kappa shape index (κ1) is 30.4.